The Morgan fingerprint density at radius 1 is 1.06 bits per heavy atom. The monoisotopic (exact) mass is 424 g/mol. The number of ether oxygens (including phenoxy) is 3. The Balaban J connectivity index is 1.32. The maximum Gasteiger partial charge on any atom is 0.264 e. The van der Waals surface area contributed by atoms with E-state index in [2.05, 4.69) is 20.3 Å². The Hall–Kier alpha value is -3.73. The number of carbonyl (C=O) groups excluding carboxylic acids is 1. The Morgan fingerprint density at radius 3 is 2.71 bits per heavy atom. The van der Waals surface area contributed by atoms with Crippen LogP contribution in [0.2, 0.25) is 0 Å². The van der Waals surface area contributed by atoms with Crippen molar-refractivity contribution in [2.45, 2.75) is 6.54 Å². The number of morpholine rings is 1. The fourth-order valence-electron chi connectivity index (χ4n) is 3.45. The second-order valence-electron chi connectivity index (χ2n) is 7.09. The molecule has 0 aliphatic carbocycles. The van der Waals surface area contributed by atoms with Crippen molar-refractivity contribution in [1.29, 1.82) is 0 Å². The molecule has 1 N–H and O–H groups in total. The maximum absolute atomic E-state index is 12.8. The number of amides is 1. The van der Waals surface area contributed by atoms with Crippen LogP contribution >= 0.6 is 0 Å². The SMILES string of the molecule is O=C(Cn1cnc2nc(N3CCOCC3)ncc2c1=O)Nc1ccc2c(c1)OCCO2. The zero-order valence-corrected chi connectivity index (χ0v) is 16.6. The minimum Gasteiger partial charge on any atom is -0.486 e. The van der Waals surface area contributed by atoms with Gasteiger partial charge in [-0.05, 0) is 12.1 Å². The van der Waals surface area contributed by atoms with Gasteiger partial charge in [0, 0.05) is 31.0 Å². The summed E-state index contributed by atoms with van der Waals surface area (Å²) in [5.74, 6) is 1.35. The van der Waals surface area contributed by atoms with Crippen LogP contribution in [0.25, 0.3) is 11.0 Å². The van der Waals surface area contributed by atoms with Gasteiger partial charge in [0.15, 0.2) is 17.1 Å². The standard InChI is InChI=1S/C20H20N6O5/c27-17(23-13-1-2-15-16(9-13)31-8-7-30-15)11-26-12-22-18-14(19(26)28)10-21-20(24-18)25-3-5-29-6-4-25/h1-2,9-10,12H,3-8,11H2,(H,23,27). The van der Waals surface area contributed by atoms with Crippen LogP contribution in [0.5, 0.6) is 11.5 Å². The Labute approximate surface area is 176 Å². The summed E-state index contributed by atoms with van der Waals surface area (Å²) < 4.78 is 17.6. The average Bonchev–Trinajstić information content (AvgIpc) is 2.81. The predicted molar refractivity (Wildman–Crippen MR) is 111 cm³/mol. The zero-order chi connectivity index (χ0) is 21.2. The van der Waals surface area contributed by atoms with Gasteiger partial charge in [0.2, 0.25) is 11.9 Å². The van der Waals surface area contributed by atoms with Crippen molar-refractivity contribution in [1.82, 2.24) is 19.5 Å². The molecule has 1 saturated heterocycles. The van der Waals surface area contributed by atoms with Gasteiger partial charge >= 0.3 is 0 Å². The number of rotatable bonds is 4. The van der Waals surface area contributed by atoms with Crippen molar-refractivity contribution < 1.29 is 19.0 Å². The van der Waals surface area contributed by atoms with Gasteiger partial charge in [0.05, 0.1) is 13.2 Å². The summed E-state index contributed by atoms with van der Waals surface area (Å²) in [6, 6.07) is 5.14. The van der Waals surface area contributed by atoms with E-state index >= 15 is 0 Å². The third-order valence-corrected chi connectivity index (χ3v) is 5.00. The summed E-state index contributed by atoms with van der Waals surface area (Å²) in [4.78, 5) is 40.2. The molecule has 160 valence electrons. The number of nitrogens with zero attached hydrogens (tertiary/aromatic N) is 5. The number of hydrogen-bond acceptors (Lipinski definition) is 9. The van der Waals surface area contributed by atoms with E-state index in [4.69, 9.17) is 14.2 Å². The molecule has 1 fully saturated rings. The van der Waals surface area contributed by atoms with Crippen molar-refractivity contribution in [3.05, 3.63) is 41.1 Å². The summed E-state index contributed by atoms with van der Waals surface area (Å²) in [6.45, 7) is 3.34. The van der Waals surface area contributed by atoms with Gasteiger partial charge in [-0.25, -0.2) is 9.97 Å². The summed E-state index contributed by atoms with van der Waals surface area (Å²) in [5, 5.41) is 3.01. The van der Waals surface area contributed by atoms with Crippen molar-refractivity contribution in [2.75, 3.05) is 49.7 Å². The van der Waals surface area contributed by atoms with Gasteiger partial charge in [-0.15, -0.1) is 0 Å². The summed E-state index contributed by atoms with van der Waals surface area (Å²) in [7, 11) is 0. The Kier molecular flexibility index (Phi) is 5.08. The highest BCUT2D eigenvalue weighted by Crippen LogP contribution is 2.32. The van der Waals surface area contributed by atoms with Crippen LogP contribution in [0.1, 0.15) is 0 Å². The molecule has 3 aromatic rings. The molecule has 0 radical (unpaired) electrons. The lowest BCUT2D eigenvalue weighted by atomic mass is 10.2. The van der Waals surface area contributed by atoms with Gasteiger partial charge < -0.3 is 24.4 Å². The van der Waals surface area contributed by atoms with Crippen molar-refractivity contribution in [3.63, 3.8) is 0 Å². The fourth-order valence-corrected chi connectivity index (χ4v) is 3.45. The second kappa shape index (κ2) is 8.19. The molecule has 11 nitrogen and oxygen atoms in total. The van der Waals surface area contributed by atoms with Crippen LogP contribution in [0.15, 0.2) is 35.5 Å². The van der Waals surface area contributed by atoms with E-state index in [-0.39, 0.29) is 23.4 Å². The number of aromatic nitrogens is 4. The van der Waals surface area contributed by atoms with Crippen LogP contribution in [0, 0.1) is 0 Å². The first-order valence-electron chi connectivity index (χ1n) is 9.92. The largest absolute Gasteiger partial charge is 0.486 e. The molecule has 1 amide bonds. The third kappa shape index (κ3) is 3.99. The van der Waals surface area contributed by atoms with Crippen LogP contribution in [-0.2, 0) is 16.1 Å². The number of benzene rings is 1. The lowest BCUT2D eigenvalue weighted by Crippen LogP contribution is -2.37. The summed E-state index contributed by atoms with van der Waals surface area (Å²) >= 11 is 0. The number of nitrogens with one attached hydrogen (secondary N) is 1. The fraction of sp³-hybridized carbons (Fsp3) is 0.350. The molecule has 4 heterocycles. The van der Waals surface area contributed by atoms with Crippen molar-refractivity contribution in [2.24, 2.45) is 0 Å². The minimum atomic E-state index is -0.379. The van der Waals surface area contributed by atoms with E-state index in [1.54, 1.807) is 18.2 Å². The van der Waals surface area contributed by atoms with Gasteiger partial charge in [-0.2, -0.15) is 4.98 Å². The van der Waals surface area contributed by atoms with Gasteiger partial charge in [0.1, 0.15) is 31.5 Å². The molecule has 0 atom stereocenters. The smallest absolute Gasteiger partial charge is 0.264 e. The molecule has 0 unspecified atom stereocenters. The maximum atomic E-state index is 12.8. The molecule has 11 heteroatoms. The quantitative estimate of drug-likeness (QED) is 0.636. The van der Waals surface area contributed by atoms with Crippen LogP contribution < -0.4 is 25.2 Å². The molecule has 2 aliphatic rings. The first-order chi connectivity index (χ1) is 15.2. The first-order valence-corrected chi connectivity index (χ1v) is 9.92. The Bertz CT molecular complexity index is 1190. The number of fused-ring (bicyclic) bond motifs is 2. The molecule has 0 bridgehead atoms. The molecule has 31 heavy (non-hydrogen) atoms. The van der Waals surface area contributed by atoms with Crippen LogP contribution in [0.4, 0.5) is 11.6 Å². The lowest BCUT2D eigenvalue weighted by molar-refractivity contribution is -0.116. The van der Waals surface area contributed by atoms with Crippen molar-refractivity contribution in [3.8, 4) is 11.5 Å². The minimum absolute atomic E-state index is 0.193. The summed E-state index contributed by atoms with van der Waals surface area (Å²) in [5.41, 5.74) is 0.468. The number of anilines is 2. The molecule has 0 saturated carbocycles. The highest BCUT2D eigenvalue weighted by molar-refractivity contribution is 5.91. The van der Waals surface area contributed by atoms with E-state index in [0.29, 0.717) is 68.3 Å². The van der Waals surface area contributed by atoms with E-state index in [0.717, 1.165) is 0 Å². The lowest BCUT2D eigenvalue weighted by Gasteiger charge is -2.26. The van der Waals surface area contributed by atoms with E-state index < -0.39 is 0 Å². The molecule has 2 aliphatic heterocycles. The predicted octanol–water partition coefficient (Wildman–Crippen LogP) is 0.433. The number of carbonyl (C=O) groups is 1. The van der Waals surface area contributed by atoms with Crippen LogP contribution in [-0.4, -0.2) is 64.9 Å². The van der Waals surface area contributed by atoms with Gasteiger partial charge in [-0.3, -0.25) is 14.2 Å². The van der Waals surface area contributed by atoms with E-state index in [9.17, 15) is 9.59 Å². The normalized spacial score (nSPS) is 15.7. The highest BCUT2D eigenvalue weighted by atomic mass is 16.6. The highest BCUT2D eigenvalue weighted by Gasteiger charge is 2.17. The Morgan fingerprint density at radius 2 is 1.87 bits per heavy atom. The topological polar surface area (TPSA) is 121 Å². The van der Waals surface area contributed by atoms with Gasteiger partial charge in [0.25, 0.3) is 5.56 Å². The molecule has 1 aromatic carbocycles. The van der Waals surface area contributed by atoms with E-state index in [1.165, 1.54) is 17.1 Å². The zero-order valence-electron chi connectivity index (χ0n) is 16.6. The molecular weight excluding hydrogens is 404 g/mol. The molecule has 5 rings (SSSR count). The van der Waals surface area contributed by atoms with Crippen LogP contribution in [0.3, 0.4) is 0 Å². The van der Waals surface area contributed by atoms with Gasteiger partial charge in [-0.1, -0.05) is 0 Å². The van der Waals surface area contributed by atoms with Crippen molar-refractivity contribution >= 4 is 28.6 Å². The molecular formula is C20H20N6O5. The summed E-state index contributed by atoms with van der Waals surface area (Å²) in [6.07, 6.45) is 2.78. The number of hydrogen-bond donors (Lipinski definition) is 1. The third-order valence-electron chi connectivity index (χ3n) is 5.00. The second-order valence-corrected chi connectivity index (χ2v) is 7.09. The van der Waals surface area contributed by atoms with E-state index in [1.807, 2.05) is 4.90 Å². The first kappa shape index (κ1) is 19.2. The molecule has 0 spiro atoms. The molecule has 2 aromatic heterocycles. The average molecular weight is 424 g/mol.